The van der Waals surface area contributed by atoms with E-state index in [4.69, 9.17) is 9.47 Å². The molecule has 0 saturated carbocycles. The van der Waals surface area contributed by atoms with Crippen molar-refractivity contribution in [3.05, 3.63) is 34.8 Å². The van der Waals surface area contributed by atoms with E-state index in [0.717, 1.165) is 29.1 Å². The van der Waals surface area contributed by atoms with Crippen molar-refractivity contribution in [1.29, 1.82) is 0 Å². The quantitative estimate of drug-likeness (QED) is 0.848. The van der Waals surface area contributed by atoms with Crippen LogP contribution in [0.1, 0.15) is 28.7 Å². The average Bonchev–Trinajstić information content (AvgIpc) is 2.90. The van der Waals surface area contributed by atoms with E-state index < -0.39 is 5.97 Å². The van der Waals surface area contributed by atoms with Crippen LogP contribution in [0.25, 0.3) is 10.6 Å². The molecule has 2 rings (SSSR count). The Morgan fingerprint density at radius 3 is 2.90 bits per heavy atom. The van der Waals surface area contributed by atoms with Gasteiger partial charge in [0.2, 0.25) is 0 Å². The van der Waals surface area contributed by atoms with Crippen molar-refractivity contribution in [1.82, 2.24) is 4.98 Å². The summed E-state index contributed by atoms with van der Waals surface area (Å²) in [4.78, 5) is 15.8. The molecule has 0 saturated heterocycles. The fraction of sp³-hybridized carbons (Fsp3) is 0.333. The second kappa shape index (κ2) is 7.19. The maximum Gasteiger partial charge on any atom is 0.347 e. The maximum atomic E-state index is 11.2. The van der Waals surface area contributed by atoms with Crippen molar-refractivity contribution in [2.45, 2.75) is 20.0 Å². The van der Waals surface area contributed by atoms with Crippen LogP contribution in [0, 0.1) is 0 Å². The van der Waals surface area contributed by atoms with Gasteiger partial charge in [-0.25, -0.2) is 9.78 Å². The topological polar surface area (TPSA) is 68.7 Å². The molecule has 21 heavy (non-hydrogen) atoms. The van der Waals surface area contributed by atoms with Crippen LogP contribution in [0.2, 0.25) is 0 Å². The van der Waals surface area contributed by atoms with Gasteiger partial charge in [-0.1, -0.05) is 19.1 Å². The fourth-order valence-electron chi connectivity index (χ4n) is 1.82. The molecule has 6 heteroatoms. The summed E-state index contributed by atoms with van der Waals surface area (Å²) in [5, 5.41) is 9.87. The predicted octanol–water partition coefficient (Wildman–Crippen LogP) is 3.44. The number of aromatic nitrogens is 1. The number of carbonyl (C=O) groups is 1. The largest absolute Gasteiger partial charge is 0.494 e. The number of nitrogens with zero attached hydrogens (tertiary/aromatic N) is 1. The molecule has 1 heterocycles. The van der Waals surface area contributed by atoms with Crippen molar-refractivity contribution < 1.29 is 19.4 Å². The Kier molecular flexibility index (Phi) is 5.30. The van der Waals surface area contributed by atoms with Crippen LogP contribution in [0.5, 0.6) is 5.75 Å². The van der Waals surface area contributed by atoms with E-state index in [1.54, 1.807) is 0 Å². The Bertz CT molecular complexity index is 624. The molecule has 0 bridgehead atoms. The first kappa shape index (κ1) is 15.5. The van der Waals surface area contributed by atoms with Gasteiger partial charge in [-0.05, 0) is 18.6 Å². The zero-order valence-corrected chi connectivity index (χ0v) is 12.8. The number of hydrogen-bond donors (Lipinski definition) is 1. The molecule has 0 fully saturated rings. The molecule has 0 aliphatic heterocycles. The highest BCUT2D eigenvalue weighted by Crippen LogP contribution is 2.30. The van der Waals surface area contributed by atoms with Crippen LogP contribution in [-0.2, 0) is 11.3 Å². The summed E-state index contributed by atoms with van der Waals surface area (Å²) in [6, 6.07) is 7.51. The monoisotopic (exact) mass is 307 g/mol. The standard InChI is InChI=1S/C15H17NO4S/c1-3-7-20-11-6-4-5-10(8-11)14-16-12(9-19-2)13(21-14)15(17)18/h4-6,8H,3,7,9H2,1-2H3,(H,17,18). The smallest absolute Gasteiger partial charge is 0.347 e. The Hall–Kier alpha value is -1.92. The Balaban J connectivity index is 2.33. The van der Waals surface area contributed by atoms with Crippen LogP contribution in [0.4, 0.5) is 0 Å². The minimum Gasteiger partial charge on any atom is -0.494 e. The third-order valence-corrected chi connectivity index (χ3v) is 3.86. The third-order valence-electron chi connectivity index (χ3n) is 2.73. The number of ether oxygens (including phenoxy) is 2. The molecule has 112 valence electrons. The number of carboxylic acid groups (broad SMARTS) is 1. The van der Waals surface area contributed by atoms with Gasteiger partial charge in [-0.15, -0.1) is 11.3 Å². The first-order valence-electron chi connectivity index (χ1n) is 6.60. The van der Waals surface area contributed by atoms with Crippen molar-refractivity contribution in [2.24, 2.45) is 0 Å². The van der Waals surface area contributed by atoms with Gasteiger partial charge in [0.25, 0.3) is 0 Å². The molecule has 0 aliphatic carbocycles. The van der Waals surface area contributed by atoms with Crippen LogP contribution >= 0.6 is 11.3 Å². The van der Waals surface area contributed by atoms with Gasteiger partial charge in [0.15, 0.2) is 0 Å². The van der Waals surface area contributed by atoms with Gasteiger partial charge in [0.05, 0.1) is 18.9 Å². The zero-order valence-electron chi connectivity index (χ0n) is 12.0. The lowest BCUT2D eigenvalue weighted by Crippen LogP contribution is -1.99. The number of hydrogen-bond acceptors (Lipinski definition) is 5. The minimum atomic E-state index is -0.982. The zero-order chi connectivity index (χ0) is 15.2. The van der Waals surface area contributed by atoms with Crippen LogP contribution < -0.4 is 4.74 Å². The second-order valence-electron chi connectivity index (χ2n) is 4.41. The molecule has 1 aromatic heterocycles. The van der Waals surface area contributed by atoms with E-state index in [1.807, 2.05) is 31.2 Å². The van der Waals surface area contributed by atoms with Gasteiger partial charge in [0.1, 0.15) is 15.6 Å². The second-order valence-corrected chi connectivity index (χ2v) is 5.41. The third kappa shape index (κ3) is 3.80. The number of benzene rings is 1. The van der Waals surface area contributed by atoms with Crippen molar-refractivity contribution in [3.8, 4) is 16.3 Å². The summed E-state index contributed by atoms with van der Waals surface area (Å²) >= 11 is 1.15. The number of aromatic carboxylic acids is 1. The van der Waals surface area contributed by atoms with Gasteiger partial charge in [0, 0.05) is 12.7 Å². The molecule has 0 amide bonds. The molecular formula is C15H17NO4S. The first-order valence-corrected chi connectivity index (χ1v) is 7.42. The van der Waals surface area contributed by atoms with Crippen LogP contribution in [0.3, 0.4) is 0 Å². The van der Waals surface area contributed by atoms with Gasteiger partial charge >= 0.3 is 5.97 Å². The lowest BCUT2D eigenvalue weighted by atomic mass is 10.2. The Morgan fingerprint density at radius 2 is 2.24 bits per heavy atom. The van der Waals surface area contributed by atoms with Crippen LogP contribution in [0.15, 0.2) is 24.3 Å². The highest BCUT2D eigenvalue weighted by atomic mass is 32.1. The Labute approximate surface area is 127 Å². The molecule has 0 unspecified atom stereocenters. The number of carboxylic acids is 1. The summed E-state index contributed by atoms with van der Waals surface area (Å²) in [5.41, 5.74) is 1.29. The number of thiazole rings is 1. The van der Waals surface area contributed by atoms with Crippen LogP contribution in [-0.4, -0.2) is 29.8 Å². The maximum absolute atomic E-state index is 11.2. The Morgan fingerprint density at radius 1 is 1.43 bits per heavy atom. The molecule has 1 N–H and O–H groups in total. The molecule has 0 spiro atoms. The van der Waals surface area contributed by atoms with E-state index in [1.165, 1.54) is 7.11 Å². The summed E-state index contributed by atoms with van der Waals surface area (Å²) in [6.07, 6.45) is 0.933. The molecular weight excluding hydrogens is 290 g/mol. The minimum absolute atomic E-state index is 0.185. The summed E-state index contributed by atoms with van der Waals surface area (Å²) in [6.45, 7) is 2.88. The molecule has 0 aliphatic rings. The average molecular weight is 307 g/mol. The van der Waals surface area contributed by atoms with E-state index in [2.05, 4.69) is 4.98 Å². The number of methoxy groups -OCH3 is 1. The summed E-state index contributed by atoms with van der Waals surface area (Å²) in [5.74, 6) is -0.223. The first-order chi connectivity index (χ1) is 10.2. The van der Waals surface area contributed by atoms with Gasteiger partial charge in [-0.3, -0.25) is 0 Å². The highest BCUT2D eigenvalue weighted by molar-refractivity contribution is 7.17. The molecule has 0 atom stereocenters. The van der Waals surface area contributed by atoms with Gasteiger partial charge < -0.3 is 14.6 Å². The number of rotatable bonds is 7. The predicted molar refractivity (Wildman–Crippen MR) is 81.0 cm³/mol. The lowest BCUT2D eigenvalue weighted by molar-refractivity contribution is 0.0697. The van der Waals surface area contributed by atoms with E-state index in [-0.39, 0.29) is 11.5 Å². The van der Waals surface area contributed by atoms with Gasteiger partial charge in [-0.2, -0.15) is 0 Å². The van der Waals surface area contributed by atoms with E-state index >= 15 is 0 Å². The molecule has 5 nitrogen and oxygen atoms in total. The SMILES string of the molecule is CCCOc1cccc(-c2nc(COC)c(C(=O)O)s2)c1. The van der Waals surface area contributed by atoms with Crippen molar-refractivity contribution in [2.75, 3.05) is 13.7 Å². The fourth-order valence-corrected chi connectivity index (χ4v) is 2.72. The van der Waals surface area contributed by atoms with Crippen molar-refractivity contribution >= 4 is 17.3 Å². The summed E-state index contributed by atoms with van der Waals surface area (Å²) in [7, 11) is 1.52. The normalized spacial score (nSPS) is 10.6. The van der Waals surface area contributed by atoms with Crippen molar-refractivity contribution in [3.63, 3.8) is 0 Å². The lowest BCUT2D eigenvalue weighted by Gasteiger charge is -2.05. The summed E-state index contributed by atoms with van der Waals surface area (Å²) < 4.78 is 10.6. The molecule has 1 aromatic carbocycles. The molecule has 2 aromatic rings. The molecule has 0 radical (unpaired) electrons. The van der Waals surface area contributed by atoms with E-state index in [9.17, 15) is 9.90 Å². The highest BCUT2D eigenvalue weighted by Gasteiger charge is 2.18. The van der Waals surface area contributed by atoms with E-state index in [0.29, 0.717) is 17.3 Å².